The number of nitrogen functional groups attached to an aromatic ring is 1. The smallest absolute Gasteiger partial charge is 0.214 e. The van der Waals surface area contributed by atoms with Gasteiger partial charge in [-0.05, 0) is 17.7 Å². The second-order valence-corrected chi connectivity index (χ2v) is 4.53. The SMILES string of the molecule is N=C(N)n1nc(Cc2ccccc2F)c2ccccc21. The maximum absolute atomic E-state index is 13.7. The molecule has 3 N–H and O–H groups in total. The zero-order valence-electron chi connectivity index (χ0n) is 10.7. The molecule has 0 amide bonds. The largest absolute Gasteiger partial charge is 0.368 e. The number of aromatic nitrogens is 2. The van der Waals surface area contributed by atoms with Crippen LogP contribution in [-0.4, -0.2) is 15.7 Å². The Hall–Kier alpha value is -2.69. The van der Waals surface area contributed by atoms with Crippen LogP contribution in [0.25, 0.3) is 10.9 Å². The van der Waals surface area contributed by atoms with E-state index in [1.54, 1.807) is 18.2 Å². The molecule has 4 nitrogen and oxygen atoms in total. The van der Waals surface area contributed by atoms with Gasteiger partial charge in [-0.2, -0.15) is 5.10 Å². The first-order chi connectivity index (χ1) is 9.66. The van der Waals surface area contributed by atoms with Crippen molar-refractivity contribution in [3.63, 3.8) is 0 Å². The second kappa shape index (κ2) is 4.77. The lowest BCUT2D eigenvalue weighted by Crippen LogP contribution is -2.21. The topological polar surface area (TPSA) is 67.7 Å². The second-order valence-electron chi connectivity index (χ2n) is 4.53. The average Bonchev–Trinajstić information content (AvgIpc) is 2.81. The monoisotopic (exact) mass is 268 g/mol. The number of benzene rings is 2. The molecule has 0 saturated carbocycles. The van der Waals surface area contributed by atoms with E-state index in [0.717, 1.165) is 10.9 Å². The van der Waals surface area contributed by atoms with Crippen molar-refractivity contribution in [3.05, 3.63) is 65.6 Å². The summed E-state index contributed by atoms with van der Waals surface area (Å²) in [7, 11) is 0. The Labute approximate surface area is 115 Å². The molecule has 1 aromatic heterocycles. The van der Waals surface area contributed by atoms with E-state index in [1.807, 2.05) is 24.3 Å². The van der Waals surface area contributed by atoms with Crippen molar-refractivity contribution in [2.45, 2.75) is 6.42 Å². The van der Waals surface area contributed by atoms with Gasteiger partial charge in [0.15, 0.2) is 0 Å². The number of para-hydroxylation sites is 1. The maximum atomic E-state index is 13.7. The molecule has 0 bridgehead atoms. The summed E-state index contributed by atoms with van der Waals surface area (Å²) in [4.78, 5) is 0. The van der Waals surface area contributed by atoms with E-state index in [0.29, 0.717) is 17.7 Å². The standard InChI is InChI=1S/C15H13FN4/c16-12-7-3-1-5-10(12)9-13-11-6-2-4-8-14(11)20(19-13)15(17)18/h1-8H,9H2,(H3,17,18). The third-order valence-corrected chi connectivity index (χ3v) is 3.21. The van der Waals surface area contributed by atoms with Crippen LogP contribution in [-0.2, 0) is 6.42 Å². The van der Waals surface area contributed by atoms with Crippen molar-refractivity contribution in [3.8, 4) is 0 Å². The van der Waals surface area contributed by atoms with Crippen LogP contribution in [0.1, 0.15) is 11.3 Å². The molecule has 0 unspecified atom stereocenters. The maximum Gasteiger partial charge on any atom is 0.214 e. The van der Waals surface area contributed by atoms with Crippen LogP contribution in [0.3, 0.4) is 0 Å². The van der Waals surface area contributed by atoms with Crippen molar-refractivity contribution >= 4 is 16.9 Å². The minimum atomic E-state index is -0.256. The predicted octanol–water partition coefficient (Wildman–Crippen LogP) is 2.51. The summed E-state index contributed by atoms with van der Waals surface area (Å²) >= 11 is 0. The third-order valence-electron chi connectivity index (χ3n) is 3.21. The van der Waals surface area contributed by atoms with Gasteiger partial charge in [-0.15, -0.1) is 0 Å². The summed E-state index contributed by atoms with van der Waals surface area (Å²) < 4.78 is 15.1. The lowest BCUT2D eigenvalue weighted by molar-refractivity contribution is 0.613. The molecular formula is C15H13FN4. The number of halogens is 1. The molecule has 3 rings (SSSR count). The minimum Gasteiger partial charge on any atom is -0.368 e. The summed E-state index contributed by atoms with van der Waals surface area (Å²) in [6, 6.07) is 14.1. The highest BCUT2D eigenvalue weighted by molar-refractivity contribution is 5.91. The van der Waals surface area contributed by atoms with Crippen molar-refractivity contribution < 1.29 is 4.39 Å². The van der Waals surface area contributed by atoms with Crippen LogP contribution in [0.2, 0.25) is 0 Å². The van der Waals surface area contributed by atoms with Gasteiger partial charge in [0.2, 0.25) is 5.96 Å². The molecule has 0 aliphatic heterocycles. The van der Waals surface area contributed by atoms with Gasteiger partial charge in [-0.25, -0.2) is 9.07 Å². The van der Waals surface area contributed by atoms with Gasteiger partial charge >= 0.3 is 0 Å². The summed E-state index contributed by atoms with van der Waals surface area (Å²) in [5, 5.41) is 12.8. The highest BCUT2D eigenvalue weighted by atomic mass is 19.1. The number of fused-ring (bicyclic) bond motifs is 1. The molecule has 2 aromatic carbocycles. The first-order valence-electron chi connectivity index (χ1n) is 6.21. The molecule has 5 heteroatoms. The summed E-state index contributed by atoms with van der Waals surface area (Å²) in [6.07, 6.45) is 0.369. The van der Waals surface area contributed by atoms with E-state index in [1.165, 1.54) is 10.7 Å². The van der Waals surface area contributed by atoms with Crippen molar-refractivity contribution in [2.24, 2.45) is 5.73 Å². The highest BCUT2D eigenvalue weighted by Crippen LogP contribution is 2.21. The van der Waals surface area contributed by atoms with Crippen LogP contribution in [0.15, 0.2) is 48.5 Å². The third kappa shape index (κ3) is 2.03. The van der Waals surface area contributed by atoms with E-state index in [4.69, 9.17) is 11.1 Å². The number of rotatable bonds is 2. The number of nitrogens with one attached hydrogen (secondary N) is 1. The Bertz CT molecular complexity index is 791. The van der Waals surface area contributed by atoms with Gasteiger partial charge in [0.1, 0.15) is 5.82 Å². The molecule has 3 aromatic rings. The van der Waals surface area contributed by atoms with Crippen LogP contribution < -0.4 is 5.73 Å². The fourth-order valence-electron chi connectivity index (χ4n) is 2.27. The zero-order valence-corrected chi connectivity index (χ0v) is 10.7. The van der Waals surface area contributed by atoms with Gasteiger partial charge in [-0.3, -0.25) is 5.41 Å². The molecule has 100 valence electrons. The first kappa shape index (κ1) is 12.3. The van der Waals surface area contributed by atoms with Crippen LogP contribution in [0, 0.1) is 11.2 Å². The minimum absolute atomic E-state index is 0.152. The number of hydrogen-bond acceptors (Lipinski definition) is 2. The van der Waals surface area contributed by atoms with E-state index >= 15 is 0 Å². The number of hydrogen-bond donors (Lipinski definition) is 2. The average molecular weight is 268 g/mol. The number of nitrogens with two attached hydrogens (primary N) is 1. The van der Waals surface area contributed by atoms with Crippen molar-refractivity contribution in [1.29, 1.82) is 5.41 Å². The molecule has 0 aliphatic rings. The van der Waals surface area contributed by atoms with E-state index in [2.05, 4.69) is 5.10 Å². The van der Waals surface area contributed by atoms with Crippen LogP contribution in [0.4, 0.5) is 4.39 Å². The molecule has 1 heterocycles. The number of nitrogens with zero attached hydrogens (tertiary/aromatic N) is 2. The molecule has 20 heavy (non-hydrogen) atoms. The van der Waals surface area contributed by atoms with E-state index < -0.39 is 0 Å². The quantitative estimate of drug-likeness (QED) is 0.554. The Balaban J connectivity index is 2.13. The zero-order chi connectivity index (χ0) is 14.1. The molecule has 0 atom stereocenters. The van der Waals surface area contributed by atoms with Gasteiger partial charge < -0.3 is 5.73 Å². The molecule has 0 fully saturated rings. The Morgan fingerprint density at radius 1 is 1.15 bits per heavy atom. The van der Waals surface area contributed by atoms with Crippen molar-refractivity contribution in [1.82, 2.24) is 9.78 Å². The predicted molar refractivity (Wildman–Crippen MR) is 76.3 cm³/mol. The molecule has 0 radical (unpaired) electrons. The fraction of sp³-hybridized carbons (Fsp3) is 0.0667. The fourth-order valence-corrected chi connectivity index (χ4v) is 2.27. The first-order valence-corrected chi connectivity index (χ1v) is 6.21. The van der Waals surface area contributed by atoms with Crippen molar-refractivity contribution in [2.75, 3.05) is 0 Å². The Kier molecular flexibility index (Phi) is 2.95. The molecule has 0 aliphatic carbocycles. The lowest BCUT2D eigenvalue weighted by Gasteiger charge is -2.00. The summed E-state index contributed by atoms with van der Waals surface area (Å²) in [5.41, 5.74) is 7.57. The van der Waals surface area contributed by atoms with Gasteiger partial charge in [0.25, 0.3) is 0 Å². The summed E-state index contributed by atoms with van der Waals surface area (Å²) in [5.74, 6) is -0.407. The van der Waals surface area contributed by atoms with E-state index in [9.17, 15) is 4.39 Å². The van der Waals surface area contributed by atoms with Gasteiger partial charge in [0, 0.05) is 11.8 Å². The Morgan fingerprint density at radius 2 is 1.85 bits per heavy atom. The molecule has 0 spiro atoms. The highest BCUT2D eigenvalue weighted by Gasteiger charge is 2.13. The molecular weight excluding hydrogens is 255 g/mol. The van der Waals surface area contributed by atoms with Crippen LogP contribution in [0.5, 0.6) is 0 Å². The Morgan fingerprint density at radius 3 is 2.60 bits per heavy atom. The summed E-state index contributed by atoms with van der Waals surface area (Å²) in [6.45, 7) is 0. The normalized spacial score (nSPS) is 10.8. The van der Waals surface area contributed by atoms with E-state index in [-0.39, 0.29) is 11.8 Å². The lowest BCUT2D eigenvalue weighted by atomic mass is 10.1. The van der Waals surface area contributed by atoms with Gasteiger partial charge in [-0.1, -0.05) is 36.4 Å². The van der Waals surface area contributed by atoms with Gasteiger partial charge in [0.05, 0.1) is 11.2 Å². The van der Waals surface area contributed by atoms with Crippen LogP contribution >= 0.6 is 0 Å². The molecule has 0 saturated heterocycles.